The Kier molecular flexibility index (Phi) is 4.66. The Labute approximate surface area is 119 Å². The van der Waals surface area contributed by atoms with Gasteiger partial charge in [0.15, 0.2) is 0 Å². The van der Waals surface area contributed by atoms with Crippen LogP contribution in [0.15, 0.2) is 53.0 Å². The highest BCUT2D eigenvalue weighted by Crippen LogP contribution is 2.26. The van der Waals surface area contributed by atoms with Gasteiger partial charge in [-0.05, 0) is 23.3 Å². The van der Waals surface area contributed by atoms with Gasteiger partial charge in [-0.2, -0.15) is 0 Å². The fraction of sp³-hybridized carbons (Fsp3) is 0.200. The minimum Gasteiger partial charge on any atom is -0.388 e. The highest BCUT2D eigenvalue weighted by Gasteiger charge is 2.13. The largest absolute Gasteiger partial charge is 0.388 e. The second-order valence-electron chi connectivity index (χ2n) is 4.28. The monoisotopic (exact) mass is 326 g/mol. The lowest BCUT2D eigenvalue weighted by molar-refractivity contribution is 0.149. The summed E-state index contributed by atoms with van der Waals surface area (Å²) in [5, 5.41) is 10.1. The Bertz CT molecular complexity index is 557. The van der Waals surface area contributed by atoms with Gasteiger partial charge in [0.2, 0.25) is 0 Å². The third-order valence-corrected chi connectivity index (χ3v) is 3.69. The quantitative estimate of drug-likeness (QED) is 0.866. The Morgan fingerprint density at radius 3 is 2.37 bits per heavy atom. The van der Waals surface area contributed by atoms with Crippen LogP contribution in [-0.4, -0.2) is 5.11 Å². The molecule has 0 aliphatic rings. The molecular weight excluding hydrogens is 314 g/mol. The molecule has 2 aromatic carbocycles. The molecule has 1 atom stereocenters. The topological polar surface area (TPSA) is 20.2 Å². The van der Waals surface area contributed by atoms with Gasteiger partial charge in [0, 0.05) is 16.5 Å². The molecule has 0 aliphatic carbocycles. The average Bonchev–Trinajstić information content (AvgIpc) is 2.41. The van der Waals surface area contributed by atoms with E-state index in [-0.39, 0.29) is 5.56 Å². The second-order valence-corrected chi connectivity index (χ2v) is 5.14. The molecule has 2 rings (SSSR count). The van der Waals surface area contributed by atoms with Crippen molar-refractivity contribution < 1.29 is 13.9 Å². The van der Waals surface area contributed by atoms with Crippen molar-refractivity contribution in [1.29, 1.82) is 0 Å². The molecule has 0 aromatic heterocycles. The third-order valence-electron chi connectivity index (χ3n) is 2.92. The van der Waals surface area contributed by atoms with Crippen LogP contribution in [0.5, 0.6) is 0 Å². The lowest BCUT2D eigenvalue weighted by Crippen LogP contribution is -2.03. The molecule has 0 aliphatic heterocycles. The maximum Gasteiger partial charge on any atom is 0.263 e. The summed E-state index contributed by atoms with van der Waals surface area (Å²) >= 11 is 3.40. The number of alkyl halides is 2. The van der Waals surface area contributed by atoms with Crippen LogP contribution in [-0.2, 0) is 6.42 Å². The SMILES string of the molecule is OC(Cc1ccccc1Br)c1cccc(C(F)F)c1. The number of aliphatic hydroxyl groups excluding tert-OH is 1. The first kappa shape index (κ1) is 14.2. The van der Waals surface area contributed by atoms with E-state index in [1.165, 1.54) is 12.1 Å². The maximum absolute atomic E-state index is 12.6. The van der Waals surface area contributed by atoms with E-state index in [0.717, 1.165) is 10.0 Å². The summed E-state index contributed by atoms with van der Waals surface area (Å²) in [6.45, 7) is 0. The summed E-state index contributed by atoms with van der Waals surface area (Å²) < 4.78 is 26.1. The van der Waals surface area contributed by atoms with Crippen LogP contribution >= 0.6 is 15.9 Å². The molecule has 1 nitrogen and oxygen atoms in total. The zero-order valence-electron chi connectivity index (χ0n) is 10.1. The van der Waals surface area contributed by atoms with E-state index >= 15 is 0 Å². The molecule has 2 aromatic rings. The molecule has 0 saturated carbocycles. The van der Waals surface area contributed by atoms with Crippen molar-refractivity contribution in [1.82, 2.24) is 0 Å². The van der Waals surface area contributed by atoms with E-state index in [0.29, 0.717) is 12.0 Å². The highest BCUT2D eigenvalue weighted by molar-refractivity contribution is 9.10. The van der Waals surface area contributed by atoms with Crippen LogP contribution in [0.3, 0.4) is 0 Å². The molecule has 4 heteroatoms. The Morgan fingerprint density at radius 2 is 1.68 bits per heavy atom. The molecule has 100 valence electrons. The molecule has 19 heavy (non-hydrogen) atoms. The fourth-order valence-corrected chi connectivity index (χ4v) is 2.34. The number of halogens is 3. The van der Waals surface area contributed by atoms with Crippen LogP contribution in [0.1, 0.15) is 29.2 Å². The van der Waals surface area contributed by atoms with Gasteiger partial charge in [-0.25, -0.2) is 8.78 Å². The Morgan fingerprint density at radius 1 is 1.00 bits per heavy atom. The minimum absolute atomic E-state index is 0.0660. The van der Waals surface area contributed by atoms with Crippen molar-refractivity contribution in [3.8, 4) is 0 Å². The zero-order valence-corrected chi connectivity index (χ0v) is 11.6. The maximum atomic E-state index is 12.6. The number of hydrogen-bond acceptors (Lipinski definition) is 1. The molecule has 0 saturated heterocycles. The van der Waals surface area contributed by atoms with E-state index in [9.17, 15) is 13.9 Å². The van der Waals surface area contributed by atoms with Crippen LogP contribution < -0.4 is 0 Å². The predicted molar refractivity (Wildman–Crippen MR) is 74.2 cm³/mol. The van der Waals surface area contributed by atoms with Crippen molar-refractivity contribution in [3.05, 3.63) is 69.7 Å². The van der Waals surface area contributed by atoms with Gasteiger partial charge < -0.3 is 5.11 Å². The predicted octanol–water partition coefficient (Wildman–Crippen LogP) is 4.66. The van der Waals surface area contributed by atoms with Gasteiger partial charge in [0.05, 0.1) is 6.10 Å². The van der Waals surface area contributed by atoms with Gasteiger partial charge in [-0.15, -0.1) is 0 Å². The summed E-state index contributed by atoms with van der Waals surface area (Å²) in [4.78, 5) is 0. The number of aliphatic hydroxyl groups is 1. The van der Waals surface area contributed by atoms with Gasteiger partial charge in [0.1, 0.15) is 0 Å². The fourth-order valence-electron chi connectivity index (χ4n) is 1.89. The van der Waals surface area contributed by atoms with Gasteiger partial charge in [-0.3, -0.25) is 0 Å². The van der Waals surface area contributed by atoms with Crippen molar-refractivity contribution in [2.75, 3.05) is 0 Å². The lowest BCUT2D eigenvalue weighted by atomic mass is 10.00. The number of rotatable bonds is 4. The van der Waals surface area contributed by atoms with E-state index < -0.39 is 12.5 Å². The van der Waals surface area contributed by atoms with Gasteiger partial charge >= 0.3 is 0 Å². The highest BCUT2D eigenvalue weighted by atomic mass is 79.9. The summed E-state index contributed by atoms with van der Waals surface area (Å²) in [5.41, 5.74) is 1.38. The Hall–Kier alpha value is -1.26. The van der Waals surface area contributed by atoms with Gasteiger partial charge in [0.25, 0.3) is 6.43 Å². The zero-order chi connectivity index (χ0) is 13.8. The lowest BCUT2D eigenvalue weighted by Gasteiger charge is -2.13. The first-order valence-electron chi connectivity index (χ1n) is 5.87. The third kappa shape index (κ3) is 3.61. The summed E-state index contributed by atoms with van der Waals surface area (Å²) in [6, 6.07) is 13.5. The molecule has 1 N–H and O–H groups in total. The molecule has 0 amide bonds. The Balaban J connectivity index is 2.18. The van der Waals surface area contributed by atoms with Gasteiger partial charge in [-0.1, -0.05) is 52.3 Å². The molecular formula is C15H13BrF2O. The summed E-state index contributed by atoms with van der Waals surface area (Å²) in [5.74, 6) is 0. The standard InChI is InChI=1S/C15H13BrF2O/c16-13-7-2-1-4-10(13)9-14(19)11-5-3-6-12(8-11)15(17)18/h1-8,14-15,19H,9H2. The normalized spacial score (nSPS) is 12.7. The molecule has 1 unspecified atom stereocenters. The first-order chi connectivity index (χ1) is 9.08. The first-order valence-corrected chi connectivity index (χ1v) is 6.66. The van der Waals surface area contributed by atoms with E-state index in [4.69, 9.17) is 0 Å². The molecule has 0 spiro atoms. The van der Waals surface area contributed by atoms with Crippen molar-refractivity contribution in [2.24, 2.45) is 0 Å². The molecule has 0 heterocycles. The smallest absolute Gasteiger partial charge is 0.263 e. The van der Waals surface area contributed by atoms with Crippen molar-refractivity contribution >= 4 is 15.9 Å². The van der Waals surface area contributed by atoms with Crippen molar-refractivity contribution in [2.45, 2.75) is 19.0 Å². The number of benzene rings is 2. The summed E-state index contributed by atoms with van der Waals surface area (Å²) in [6.07, 6.45) is -2.93. The average molecular weight is 327 g/mol. The molecule has 0 fully saturated rings. The molecule has 0 radical (unpaired) electrons. The van der Waals surface area contributed by atoms with Crippen LogP contribution in [0.4, 0.5) is 8.78 Å². The number of hydrogen-bond donors (Lipinski definition) is 1. The van der Waals surface area contributed by atoms with Crippen molar-refractivity contribution in [3.63, 3.8) is 0 Å². The molecule has 0 bridgehead atoms. The van der Waals surface area contributed by atoms with E-state index in [1.54, 1.807) is 12.1 Å². The second kappa shape index (κ2) is 6.26. The van der Waals surface area contributed by atoms with Crippen LogP contribution in [0, 0.1) is 0 Å². The minimum atomic E-state index is -2.52. The van der Waals surface area contributed by atoms with E-state index in [2.05, 4.69) is 15.9 Å². The van der Waals surface area contributed by atoms with Crippen LogP contribution in [0.2, 0.25) is 0 Å². The summed E-state index contributed by atoms with van der Waals surface area (Å²) in [7, 11) is 0. The van der Waals surface area contributed by atoms with Crippen LogP contribution in [0.25, 0.3) is 0 Å². The van der Waals surface area contributed by atoms with E-state index in [1.807, 2.05) is 24.3 Å².